The topological polar surface area (TPSA) is 92.6 Å². The normalized spacial score (nSPS) is 26.3. The lowest BCUT2D eigenvalue weighted by Gasteiger charge is -2.41. The van der Waals surface area contributed by atoms with E-state index in [1.807, 2.05) is 6.07 Å². The molecule has 0 amide bonds. The van der Waals surface area contributed by atoms with E-state index in [-0.39, 0.29) is 4.92 Å². The molecule has 134 valence electrons. The van der Waals surface area contributed by atoms with E-state index < -0.39 is 27.6 Å². The summed E-state index contributed by atoms with van der Waals surface area (Å²) in [5.41, 5.74) is 0.383. The van der Waals surface area contributed by atoms with Crippen molar-refractivity contribution < 1.29 is 13.3 Å². The monoisotopic (exact) mass is 371 g/mol. The zero-order chi connectivity index (χ0) is 18.7. The fourth-order valence-electron chi connectivity index (χ4n) is 4.25. The van der Waals surface area contributed by atoms with Crippen LogP contribution in [0, 0.1) is 10.1 Å². The molecule has 7 nitrogen and oxygen atoms in total. The number of rotatable bonds is 3. The SMILES string of the molecule is C=C[C@@H]1c2ccccc2N[C@@H]2N(S(C)(=O)=O)c3ccccc3[C@]12[N+](=O)[O-]. The number of hydrogen-bond acceptors (Lipinski definition) is 5. The Morgan fingerprint density at radius 1 is 1.23 bits per heavy atom. The lowest BCUT2D eigenvalue weighted by Crippen LogP contribution is -2.60. The van der Waals surface area contributed by atoms with E-state index in [4.69, 9.17) is 0 Å². The van der Waals surface area contributed by atoms with Gasteiger partial charge >= 0.3 is 0 Å². The largest absolute Gasteiger partial charge is 0.358 e. The first-order valence-electron chi connectivity index (χ1n) is 8.05. The van der Waals surface area contributed by atoms with Crippen molar-refractivity contribution in [1.29, 1.82) is 0 Å². The highest BCUT2D eigenvalue weighted by atomic mass is 32.2. The van der Waals surface area contributed by atoms with Gasteiger partial charge in [0.15, 0.2) is 6.17 Å². The molecule has 0 bridgehead atoms. The van der Waals surface area contributed by atoms with Gasteiger partial charge in [-0.3, -0.25) is 10.1 Å². The first kappa shape index (κ1) is 16.6. The van der Waals surface area contributed by atoms with E-state index in [1.165, 1.54) is 6.08 Å². The first-order valence-corrected chi connectivity index (χ1v) is 9.89. The summed E-state index contributed by atoms with van der Waals surface area (Å²) in [6.07, 6.45) is 1.52. The van der Waals surface area contributed by atoms with E-state index in [9.17, 15) is 18.5 Å². The highest BCUT2D eigenvalue weighted by Crippen LogP contribution is 2.57. The van der Waals surface area contributed by atoms with Crippen molar-refractivity contribution in [2.45, 2.75) is 17.6 Å². The average molecular weight is 371 g/mol. The van der Waals surface area contributed by atoms with Gasteiger partial charge in [-0.05, 0) is 23.8 Å². The van der Waals surface area contributed by atoms with Crippen molar-refractivity contribution in [2.24, 2.45) is 0 Å². The number of para-hydroxylation sites is 2. The number of hydrogen-bond donors (Lipinski definition) is 1. The number of fused-ring (bicyclic) bond motifs is 4. The average Bonchev–Trinajstić information content (AvgIpc) is 2.90. The summed E-state index contributed by atoms with van der Waals surface area (Å²) in [4.78, 5) is 12.1. The highest BCUT2D eigenvalue weighted by Gasteiger charge is 2.69. The van der Waals surface area contributed by atoms with Crippen LogP contribution in [0.2, 0.25) is 0 Å². The third kappa shape index (κ3) is 1.90. The van der Waals surface area contributed by atoms with Crippen LogP contribution in [0.1, 0.15) is 17.0 Å². The molecule has 0 unspecified atom stereocenters. The molecule has 1 N–H and O–H groups in total. The predicted molar refractivity (Wildman–Crippen MR) is 99.2 cm³/mol. The number of nitro groups is 1. The number of nitrogens with one attached hydrogen (secondary N) is 1. The molecule has 2 heterocycles. The minimum Gasteiger partial charge on any atom is -0.358 e. The van der Waals surface area contributed by atoms with E-state index in [2.05, 4.69) is 11.9 Å². The second-order valence-corrected chi connectivity index (χ2v) is 8.37. The lowest BCUT2D eigenvalue weighted by molar-refractivity contribution is -0.583. The second-order valence-electron chi connectivity index (χ2n) is 6.51. The molecule has 0 saturated heterocycles. The summed E-state index contributed by atoms with van der Waals surface area (Å²) < 4.78 is 26.2. The molecule has 0 saturated carbocycles. The molecule has 0 aliphatic carbocycles. The van der Waals surface area contributed by atoms with Gasteiger partial charge in [0.1, 0.15) is 0 Å². The summed E-state index contributed by atoms with van der Waals surface area (Å²) in [5, 5.41) is 15.6. The molecule has 8 heteroatoms. The van der Waals surface area contributed by atoms with Crippen LogP contribution < -0.4 is 9.62 Å². The quantitative estimate of drug-likeness (QED) is 0.509. The van der Waals surface area contributed by atoms with Crippen LogP contribution >= 0.6 is 0 Å². The van der Waals surface area contributed by atoms with Gasteiger partial charge in [-0.15, -0.1) is 6.58 Å². The maximum absolute atomic E-state index is 12.6. The molecule has 2 aliphatic heterocycles. The van der Waals surface area contributed by atoms with Crippen LogP contribution in [-0.4, -0.2) is 25.8 Å². The molecular formula is C18H17N3O4S. The van der Waals surface area contributed by atoms with Crippen LogP contribution in [0.15, 0.2) is 61.2 Å². The van der Waals surface area contributed by atoms with Gasteiger partial charge in [0.25, 0.3) is 5.54 Å². The van der Waals surface area contributed by atoms with Crippen LogP contribution in [0.5, 0.6) is 0 Å². The van der Waals surface area contributed by atoms with E-state index >= 15 is 0 Å². The number of benzene rings is 2. The molecule has 0 aromatic heterocycles. The molecule has 0 spiro atoms. The highest BCUT2D eigenvalue weighted by molar-refractivity contribution is 7.92. The van der Waals surface area contributed by atoms with Gasteiger partial charge in [0.05, 0.1) is 23.4 Å². The lowest BCUT2D eigenvalue weighted by atomic mass is 9.71. The molecule has 2 aliphatic rings. The minimum absolute atomic E-state index is 0.323. The Morgan fingerprint density at radius 3 is 2.54 bits per heavy atom. The maximum atomic E-state index is 12.6. The summed E-state index contributed by atoms with van der Waals surface area (Å²) in [7, 11) is -3.76. The Labute approximate surface area is 151 Å². The van der Waals surface area contributed by atoms with Gasteiger partial charge in [-0.25, -0.2) is 12.7 Å². The summed E-state index contributed by atoms with van der Waals surface area (Å²) in [6.45, 7) is 3.83. The van der Waals surface area contributed by atoms with Crippen molar-refractivity contribution in [2.75, 3.05) is 15.9 Å². The number of sulfonamides is 1. The molecule has 3 atom stereocenters. The Balaban J connectivity index is 2.12. The zero-order valence-electron chi connectivity index (χ0n) is 14.0. The molecule has 2 aromatic carbocycles. The Hall–Kier alpha value is -2.87. The summed E-state index contributed by atoms with van der Waals surface area (Å²) >= 11 is 0. The van der Waals surface area contributed by atoms with Crippen LogP contribution in [0.4, 0.5) is 11.4 Å². The summed E-state index contributed by atoms with van der Waals surface area (Å²) in [5.74, 6) is -0.687. The molecule has 2 aromatic rings. The smallest absolute Gasteiger partial charge is 0.298 e. The standard InChI is InChI=1S/C18H17N3O4S/c1-3-13-12-8-4-6-10-15(12)19-17-18(13,21(22)23)14-9-5-7-11-16(14)20(17)26(2,24)25/h3-11,13,17,19H,1H2,2H3/t13-,17-,18-/m1/s1. The van der Waals surface area contributed by atoms with E-state index in [1.54, 1.807) is 42.5 Å². The van der Waals surface area contributed by atoms with Crippen LogP contribution in [0.25, 0.3) is 0 Å². The molecule has 0 fully saturated rings. The second kappa shape index (κ2) is 5.31. The Kier molecular flexibility index (Phi) is 3.39. The minimum atomic E-state index is -3.76. The first-order chi connectivity index (χ1) is 12.3. The number of nitrogens with zero attached hydrogens (tertiary/aromatic N) is 2. The van der Waals surface area contributed by atoms with Crippen molar-refractivity contribution in [1.82, 2.24) is 0 Å². The molecule has 26 heavy (non-hydrogen) atoms. The van der Waals surface area contributed by atoms with Crippen molar-refractivity contribution in [3.63, 3.8) is 0 Å². The van der Waals surface area contributed by atoms with Gasteiger partial charge in [-0.1, -0.05) is 36.4 Å². The van der Waals surface area contributed by atoms with Crippen LogP contribution in [0.3, 0.4) is 0 Å². The fraction of sp³-hybridized carbons (Fsp3) is 0.222. The van der Waals surface area contributed by atoms with Crippen molar-refractivity contribution in [3.05, 3.63) is 82.4 Å². The van der Waals surface area contributed by atoms with Gasteiger partial charge in [-0.2, -0.15) is 0 Å². The maximum Gasteiger partial charge on any atom is 0.298 e. The zero-order valence-corrected chi connectivity index (χ0v) is 14.8. The van der Waals surface area contributed by atoms with E-state index in [0.29, 0.717) is 16.9 Å². The van der Waals surface area contributed by atoms with Gasteiger partial charge in [0.2, 0.25) is 10.0 Å². The van der Waals surface area contributed by atoms with E-state index in [0.717, 1.165) is 16.1 Å². The molecular weight excluding hydrogens is 354 g/mol. The molecule has 0 radical (unpaired) electrons. The van der Waals surface area contributed by atoms with Crippen molar-refractivity contribution in [3.8, 4) is 0 Å². The summed E-state index contributed by atoms with van der Waals surface area (Å²) in [6, 6.07) is 13.8. The predicted octanol–water partition coefficient (Wildman–Crippen LogP) is 2.66. The fourth-order valence-corrected chi connectivity index (χ4v) is 5.36. The Bertz CT molecular complexity index is 1040. The van der Waals surface area contributed by atoms with Crippen LogP contribution in [-0.2, 0) is 15.6 Å². The third-order valence-electron chi connectivity index (χ3n) is 5.18. The van der Waals surface area contributed by atoms with Gasteiger partial charge < -0.3 is 5.32 Å². The molecule has 4 rings (SSSR count). The Morgan fingerprint density at radius 2 is 1.88 bits per heavy atom. The number of anilines is 2. The van der Waals surface area contributed by atoms with Crippen molar-refractivity contribution >= 4 is 21.4 Å². The van der Waals surface area contributed by atoms with Gasteiger partial charge in [0, 0.05) is 10.6 Å². The third-order valence-corrected chi connectivity index (χ3v) is 6.30.